The highest BCUT2D eigenvalue weighted by Crippen LogP contribution is 2.27. The number of benzene rings is 2. The van der Waals surface area contributed by atoms with Crippen LogP contribution in [0.15, 0.2) is 47.4 Å². The van der Waals surface area contributed by atoms with E-state index in [-0.39, 0.29) is 23.8 Å². The minimum absolute atomic E-state index is 0.0369. The van der Waals surface area contributed by atoms with Crippen LogP contribution in [0.3, 0.4) is 0 Å². The van der Waals surface area contributed by atoms with Crippen molar-refractivity contribution in [2.45, 2.75) is 24.7 Å². The number of ether oxygens (including phenoxy) is 1. The van der Waals surface area contributed by atoms with Crippen LogP contribution in [0.2, 0.25) is 10.0 Å². The van der Waals surface area contributed by atoms with Crippen molar-refractivity contribution in [2.75, 3.05) is 11.9 Å². The lowest BCUT2D eigenvalue weighted by Crippen LogP contribution is -2.41. The number of carbonyl (C=O) groups excluding carboxylic acids is 2. The second kappa shape index (κ2) is 10.4. The normalized spacial score (nSPS) is 11.0. The molecule has 0 aliphatic carbocycles. The maximum atomic E-state index is 12.2. The van der Waals surface area contributed by atoms with Crippen LogP contribution < -0.4 is 20.3 Å². The highest BCUT2D eigenvalue weighted by molar-refractivity contribution is 7.89. The van der Waals surface area contributed by atoms with Gasteiger partial charge in [-0.3, -0.25) is 15.0 Å². The molecule has 0 bridgehead atoms. The first-order chi connectivity index (χ1) is 13.7. The zero-order valence-electron chi connectivity index (χ0n) is 15.4. The molecule has 0 spiro atoms. The molecule has 29 heavy (non-hydrogen) atoms. The van der Waals surface area contributed by atoms with E-state index in [1.165, 1.54) is 31.2 Å². The van der Waals surface area contributed by atoms with Gasteiger partial charge in [-0.1, -0.05) is 23.2 Å². The largest absolute Gasteiger partial charge is 0.492 e. The molecule has 2 aromatic rings. The van der Waals surface area contributed by atoms with Crippen LogP contribution in [-0.2, 0) is 19.6 Å². The monoisotopic (exact) mass is 459 g/mol. The van der Waals surface area contributed by atoms with Gasteiger partial charge in [-0.2, -0.15) is 0 Å². The Balaban J connectivity index is 1.76. The Bertz CT molecular complexity index is 981. The van der Waals surface area contributed by atoms with Gasteiger partial charge in [-0.05, 0) is 48.9 Å². The van der Waals surface area contributed by atoms with Crippen molar-refractivity contribution in [3.05, 3.63) is 52.5 Å². The van der Waals surface area contributed by atoms with E-state index < -0.39 is 15.9 Å². The minimum atomic E-state index is -3.94. The van der Waals surface area contributed by atoms with Crippen molar-refractivity contribution in [3.63, 3.8) is 0 Å². The third-order valence-electron chi connectivity index (χ3n) is 3.51. The van der Waals surface area contributed by atoms with Crippen LogP contribution in [0, 0.1) is 0 Å². The van der Waals surface area contributed by atoms with Crippen LogP contribution in [0.5, 0.6) is 5.75 Å². The molecule has 2 aromatic carbocycles. The van der Waals surface area contributed by atoms with E-state index >= 15 is 0 Å². The smallest absolute Gasteiger partial charge is 0.257 e. The number of hydrogen-bond donors (Lipinski definition) is 3. The summed E-state index contributed by atoms with van der Waals surface area (Å²) in [5.41, 5.74) is 2.60. The van der Waals surface area contributed by atoms with Gasteiger partial charge in [0.25, 0.3) is 10.0 Å². The first kappa shape index (κ1) is 23.0. The van der Waals surface area contributed by atoms with E-state index in [9.17, 15) is 18.0 Å². The van der Waals surface area contributed by atoms with Crippen LogP contribution in [-0.4, -0.2) is 26.8 Å². The second-order valence-electron chi connectivity index (χ2n) is 5.89. The predicted octanol–water partition coefficient (Wildman–Crippen LogP) is 3.12. The molecule has 0 aliphatic rings. The fourth-order valence-electron chi connectivity index (χ4n) is 2.17. The summed E-state index contributed by atoms with van der Waals surface area (Å²) in [5, 5.41) is 3.38. The molecule has 0 atom stereocenters. The molecule has 0 saturated carbocycles. The molecule has 8 nitrogen and oxygen atoms in total. The van der Waals surface area contributed by atoms with Gasteiger partial charge in [0, 0.05) is 24.1 Å². The van der Waals surface area contributed by atoms with Gasteiger partial charge in [0.2, 0.25) is 11.8 Å². The summed E-state index contributed by atoms with van der Waals surface area (Å²) in [4.78, 5) is 24.8. The zero-order chi connectivity index (χ0) is 21.4. The lowest BCUT2D eigenvalue weighted by molar-refractivity contribution is -0.121. The van der Waals surface area contributed by atoms with E-state index in [1.54, 1.807) is 18.2 Å². The third kappa shape index (κ3) is 7.54. The van der Waals surface area contributed by atoms with Gasteiger partial charge in [-0.15, -0.1) is 4.83 Å². The molecular weight excluding hydrogens is 441 g/mol. The van der Waals surface area contributed by atoms with E-state index in [2.05, 4.69) is 10.7 Å². The number of rotatable bonds is 9. The van der Waals surface area contributed by atoms with Gasteiger partial charge in [0.15, 0.2) is 0 Å². The number of hydrogen-bond acceptors (Lipinski definition) is 5. The van der Waals surface area contributed by atoms with Gasteiger partial charge in [-0.25, -0.2) is 8.42 Å². The molecule has 11 heteroatoms. The standard InChI is InChI=1S/C18H19Cl2N3O5S/c1-12(24)21-14-5-7-15(8-6-14)29(26,27)23-22-18(25)3-2-10-28-17-9-4-13(19)11-16(17)20/h4-9,11,23H,2-3,10H2,1H3,(H,21,24)(H,22,25). The quantitative estimate of drug-likeness (QED) is 0.393. The Morgan fingerprint density at radius 3 is 2.38 bits per heavy atom. The first-order valence-electron chi connectivity index (χ1n) is 8.43. The fourth-order valence-corrected chi connectivity index (χ4v) is 3.50. The number of halogens is 2. The summed E-state index contributed by atoms with van der Waals surface area (Å²) in [7, 11) is -3.94. The van der Waals surface area contributed by atoms with E-state index in [4.69, 9.17) is 27.9 Å². The summed E-state index contributed by atoms with van der Waals surface area (Å²) in [6, 6.07) is 10.3. The number of sulfonamides is 1. The van der Waals surface area contributed by atoms with Crippen LogP contribution in [0.4, 0.5) is 5.69 Å². The topological polar surface area (TPSA) is 114 Å². The van der Waals surface area contributed by atoms with Crippen LogP contribution in [0.25, 0.3) is 0 Å². The van der Waals surface area contributed by atoms with E-state index in [1.807, 2.05) is 4.83 Å². The van der Waals surface area contributed by atoms with Crippen molar-refractivity contribution in [1.82, 2.24) is 10.3 Å². The molecule has 0 heterocycles. The Morgan fingerprint density at radius 1 is 1.07 bits per heavy atom. The number of carbonyl (C=O) groups is 2. The summed E-state index contributed by atoms with van der Waals surface area (Å²) < 4.78 is 29.8. The lowest BCUT2D eigenvalue weighted by atomic mass is 10.3. The molecule has 2 rings (SSSR count). The molecule has 2 amide bonds. The minimum Gasteiger partial charge on any atom is -0.492 e. The highest BCUT2D eigenvalue weighted by Gasteiger charge is 2.15. The SMILES string of the molecule is CC(=O)Nc1ccc(S(=O)(=O)NNC(=O)CCCOc2ccc(Cl)cc2Cl)cc1. The summed E-state index contributed by atoms with van der Waals surface area (Å²) >= 11 is 11.8. The lowest BCUT2D eigenvalue weighted by Gasteiger charge is -2.10. The molecule has 0 saturated heterocycles. The number of hydrazine groups is 1. The van der Waals surface area contributed by atoms with Gasteiger partial charge in [0.05, 0.1) is 16.5 Å². The molecule has 0 aliphatic heterocycles. The average Bonchev–Trinajstić information content (AvgIpc) is 2.65. The van der Waals surface area contributed by atoms with Crippen molar-refractivity contribution in [2.24, 2.45) is 0 Å². The Hall–Kier alpha value is -2.33. The van der Waals surface area contributed by atoms with Crippen LogP contribution >= 0.6 is 23.2 Å². The Morgan fingerprint density at radius 2 is 1.76 bits per heavy atom. The van der Waals surface area contributed by atoms with Crippen molar-refractivity contribution in [1.29, 1.82) is 0 Å². The maximum absolute atomic E-state index is 12.2. The molecule has 0 aromatic heterocycles. The first-order valence-corrected chi connectivity index (χ1v) is 10.7. The fraction of sp³-hybridized carbons (Fsp3) is 0.222. The molecular formula is C18H19Cl2N3O5S. The number of nitrogens with one attached hydrogen (secondary N) is 3. The van der Waals surface area contributed by atoms with Gasteiger partial charge in [0.1, 0.15) is 5.75 Å². The van der Waals surface area contributed by atoms with Crippen molar-refractivity contribution in [3.8, 4) is 5.75 Å². The summed E-state index contributed by atoms with van der Waals surface area (Å²) in [6.45, 7) is 1.56. The third-order valence-corrected chi connectivity index (χ3v) is 5.30. The van der Waals surface area contributed by atoms with Gasteiger partial charge < -0.3 is 10.1 Å². The average molecular weight is 460 g/mol. The highest BCUT2D eigenvalue weighted by atomic mass is 35.5. The van der Waals surface area contributed by atoms with Crippen molar-refractivity contribution >= 4 is 50.7 Å². The number of anilines is 1. The molecule has 0 fully saturated rings. The zero-order valence-corrected chi connectivity index (χ0v) is 17.7. The summed E-state index contributed by atoms with van der Waals surface area (Å²) in [6.07, 6.45) is 0.382. The predicted molar refractivity (Wildman–Crippen MR) is 110 cm³/mol. The molecule has 156 valence electrons. The van der Waals surface area contributed by atoms with E-state index in [0.29, 0.717) is 27.9 Å². The summed E-state index contributed by atoms with van der Waals surface area (Å²) in [5.74, 6) is -0.345. The Labute approximate surface area is 178 Å². The van der Waals surface area contributed by atoms with Crippen LogP contribution in [0.1, 0.15) is 19.8 Å². The molecule has 3 N–H and O–H groups in total. The Kier molecular flexibility index (Phi) is 8.27. The number of amides is 2. The second-order valence-corrected chi connectivity index (χ2v) is 8.41. The van der Waals surface area contributed by atoms with Crippen molar-refractivity contribution < 1.29 is 22.7 Å². The molecule has 0 unspecified atom stereocenters. The van der Waals surface area contributed by atoms with E-state index in [0.717, 1.165) is 0 Å². The maximum Gasteiger partial charge on any atom is 0.257 e. The molecule has 0 radical (unpaired) electrons. The van der Waals surface area contributed by atoms with Gasteiger partial charge >= 0.3 is 0 Å².